The Kier molecular flexibility index (Phi) is 6.80. The second kappa shape index (κ2) is 9.31. The molecule has 2 amide bonds. The Morgan fingerprint density at radius 1 is 1.10 bits per heavy atom. The van der Waals surface area contributed by atoms with Gasteiger partial charge in [0.15, 0.2) is 0 Å². The molecule has 0 aromatic heterocycles. The van der Waals surface area contributed by atoms with Crippen LogP contribution in [-0.4, -0.2) is 43.0 Å². The molecule has 3 rings (SSSR count). The largest absolute Gasteiger partial charge is 0.496 e. The van der Waals surface area contributed by atoms with Crippen LogP contribution in [0.25, 0.3) is 0 Å². The highest BCUT2D eigenvalue weighted by Gasteiger charge is 2.25. The molecule has 2 aromatic carbocycles. The maximum Gasteiger partial charge on any atom is 0.255 e. The Balaban J connectivity index is 1.57. The number of piperidine rings is 1. The molecule has 0 spiro atoms. The van der Waals surface area contributed by atoms with Gasteiger partial charge >= 0.3 is 0 Å². The summed E-state index contributed by atoms with van der Waals surface area (Å²) in [6.07, 6.45) is 1.43. The van der Waals surface area contributed by atoms with Crippen LogP contribution >= 0.6 is 11.6 Å². The van der Waals surface area contributed by atoms with E-state index in [1.165, 1.54) is 12.7 Å². The standard InChI is InChI=1S/C23H27ClN2O3/c1-15(2)16-4-6-17(7-5-16)23(28)26-12-10-19(11-13-26)25-22(27)20-14-18(24)8-9-21(20)29-3/h4-9,14-15,19H,10-13H2,1-3H3,(H,25,27). The van der Waals surface area contributed by atoms with Gasteiger partial charge in [-0.25, -0.2) is 0 Å². The summed E-state index contributed by atoms with van der Waals surface area (Å²) in [5, 5.41) is 3.53. The predicted molar refractivity (Wildman–Crippen MR) is 115 cm³/mol. The van der Waals surface area contributed by atoms with E-state index in [9.17, 15) is 9.59 Å². The van der Waals surface area contributed by atoms with E-state index in [1.54, 1.807) is 18.2 Å². The molecule has 29 heavy (non-hydrogen) atoms. The fourth-order valence-corrected chi connectivity index (χ4v) is 3.71. The van der Waals surface area contributed by atoms with Crippen molar-refractivity contribution in [1.29, 1.82) is 0 Å². The first-order valence-electron chi connectivity index (χ1n) is 9.92. The highest BCUT2D eigenvalue weighted by Crippen LogP contribution is 2.23. The molecule has 0 bridgehead atoms. The van der Waals surface area contributed by atoms with E-state index in [-0.39, 0.29) is 17.9 Å². The van der Waals surface area contributed by atoms with Gasteiger partial charge in [-0.3, -0.25) is 9.59 Å². The average Bonchev–Trinajstić information content (AvgIpc) is 2.73. The van der Waals surface area contributed by atoms with Crippen LogP contribution in [0.4, 0.5) is 0 Å². The quantitative estimate of drug-likeness (QED) is 0.783. The van der Waals surface area contributed by atoms with Gasteiger partial charge in [-0.2, -0.15) is 0 Å². The number of nitrogens with one attached hydrogen (secondary N) is 1. The zero-order valence-electron chi connectivity index (χ0n) is 17.1. The van der Waals surface area contributed by atoms with Crippen LogP contribution in [0.5, 0.6) is 5.75 Å². The first-order valence-corrected chi connectivity index (χ1v) is 10.3. The van der Waals surface area contributed by atoms with Gasteiger partial charge in [0.25, 0.3) is 11.8 Å². The molecule has 6 heteroatoms. The number of nitrogens with zero attached hydrogens (tertiary/aromatic N) is 1. The number of amides is 2. The van der Waals surface area contributed by atoms with Crippen LogP contribution in [0.2, 0.25) is 5.02 Å². The Morgan fingerprint density at radius 2 is 1.76 bits per heavy atom. The molecule has 0 aliphatic carbocycles. The minimum atomic E-state index is -0.210. The third-order valence-corrected chi connectivity index (χ3v) is 5.58. The number of rotatable bonds is 5. The molecule has 1 aliphatic heterocycles. The molecule has 0 radical (unpaired) electrons. The van der Waals surface area contributed by atoms with Gasteiger partial charge in [0, 0.05) is 29.7 Å². The molecule has 1 heterocycles. The molecule has 0 unspecified atom stereocenters. The van der Waals surface area contributed by atoms with Gasteiger partial charge in [0.2, 0.25) is 0 Å². The van der Waals surface area contributed by atoms with E-state index >= 15 is 0 Å². The number of methoxy groups -OCH3 is 1. The summed E-state index contributed by atoms with van der Waals surface area (Å²) in [7, 11) is 1.53. The van der Waals surface area contributed by atoms with Crippen LogP contribution < -0.4 is 10.1 Å². The first-order chi connectivity index (χ1) is 13.9. The van der Waals surface area contributed by atoms with Crippen molar-refractivity contribution >= 4 is 23.4 Å². The maximum absolute atomic E-state index is 12.8. The molecule has 5 nitrogen and oxygen atoms in total. The smallest absolute Gasteiger partial charge is 0.255 e. The molecule has 1 fully saturated rings. The highest BCUT2D eigenvalue weighted by molar-refractivity contribution is 6.31. The number of carbonyl (C=O) groups is 2. The minimum Gasteiger partial charge on any atom is -0.496 e. The van der Waals surface area contributed by atoms with Crippen LogP contribution in [0, 0.1) is 0 Å². The van der Waals surface area contributed by atoms with E-state index < -0.39 is 0 Å². The second-order valence-electron chi connectivity index (χ2n) is 7.66. The monoisotopic (exact) mass is 414 g/mol. The lowest BCUT2D eigenvalue weighted by Crippen LogP contribution is -2.46. The predicted octanol–water partition coefficient (Wildman–Crippen LogP) is 4.51. The lowest BCUT2D eigenvalue weighted by Gasteiger charge is -2.32. The molecule has 154 valence electrons. The van der Waals surface area contributed by atoms with Gasteiger partial charge in [-0.05, 0) is 54.7 Å². The summed E-state index contributed by atoms with van der Waals surface area (Å²) in [4.78, 5) is 27.3. The normalized spacial score (nSPS) is 14.7. The summed E-state index contributed by atoms with van der Waals surface area (Å²) < 4.78 is 5.26. The van der Waals surface area contributed by atoms with E-state index in [1.807, 2.05) is 29.2 Å². The summed E-state index contributed by atoms with van der Waals surface area (Å²) in [6, 6.07) is 12.8. The summed E-state index contributed by atoms with van der Waals surface area (Å²) >= 11 is 6.02. The third-order valence-electron chi connectivity index (χ3n) is 5.35. The number of hydrogen-bond acceptors (Lipinski definition) is 3. The third kappa shape index (κ3) is 5.10. The molecule has 1 aliphatic rings. The van der Waals surface area contributed by atoms with Crippen LogP contribution in [0.1, 0.15) is 58.9 Å². The van der Waals surface area contributed by atoms with Gasteiger partial charge in [-0.1, -0.05) is 37.6 Å². The molecule has 0 saturated carbocycles. The van der Waals surface area contributed by atoms with Gasteiger partial charge in [0.1, 0.15) is 5.75 Å². The molecule has 2 aromatic rings. The first kappa shape index (κ1) is 21.2. The highest BCUT2D eigenvalue weighted by atomic mass is 35.5. The Bertz CT molecular complexity index is 872. The number of halogens is 1. The summed E-state index contributed by atoms with van der Waals surface area (Å²) in [5.41, 5.74) is 2.35. The summed E-state index contributed by atoms with van der Waals surface area (Å²) in [5.74, 6) is 0.765. The van der Waals surface area contributed by atoms with E-state index in [0.717, 1.165) is 0 Å². The zero-order chi connectivity index (χ0) is 21.0. The van der Waals surface area contributed by atoms with Gasteiger partial charge < -0.3 is 15.0 Å². The fraction of sp³-hybridized carbons (Fsp3) is 0.391. The van der Waals surface area contributed by atoms with Crippen LogP contribution in [0.15, 0.2) is 42.5 Å². The van der Waals surface area contributed by atoms with Gasteiger partial charge in [0.05, 0.1) is 12.7 Å². The van der Waals surface area contributed by atoms with E-state index in [4.69, 9.17) is 16.3 Å². The number of likely N-dealkylation sites (tertiary alicyclic amines) is 1. The van der Waals surface area contributed by atoms with Crippen molar-refractivity contribution < 1.29 is 14.3 Å². The molecular formula is C23H27ClN2O3. The molecule has 0 atom stereocenters. The second-order valence-corrected chi connectivity index (χ2v) is 8.10. The number of benzene rings is 2. The van der Waals surface area contributed by atoms with Crippen LogP contribution in [0.3, 0.4) is 0 Å². The van der Waals surface area contributed by atoms with Crippen LogP contribution in [-0.2, 0) is 0 Å². The lowest BCUT2D eigenvalue weighted by atomic mass is 10.00. The average molecular weight is 415 g/mol. The Morgan fingerprint density at radius 3 is 2.34 bits per heavy atom. The SMILES string of the molecule is COc1ccc(Cl)cc1C(=O)NC1CCN(C(=O)c2ccc(C(C)C)cc2)CC1. The molecule has 1 N–H and O–H groups in total. The van der Waals surface area contributed by atoms with Crippen molar-refractivity contribution in [2.75, 3.05) is 20.2 Å². The van der Waals surface area contributed by atoms with Gasteiger partial charge in [-0.15, -0.1) is 0 Å². The lowest BCUT2D eigenvalue weighted by molar-refractivity contribution is 0.0698. The number of ether oxygens (including phenoxy) is 1. The number of carbonyl (C=O) groups excluding carboxylic acids is 2. The van der Waals surface area contributed by atoms with Crippen molar-refractivity contribution in [3.05, 3.63) is 64.2 Å². The van der Waals surface area contributed by atoms with Crippen molar-refractivity contribution in [1.82, 2.24) is 10.2 Å². The fourth-order valence-electron chi connectivity index (χ4n) is 3.54. The Hall–Kier alpha value is -2.53. The van der Waals surface area contributed by atoms with E-state index in [0.29, 0.717) is 53.7 Å². The Labute approximate surface area is 177 Å². The minimum absolute atomic E-state index is 0.0126. The van der Waals surface area contributed by atoms with E-state index in [2.05, 4.69) is 19.2 Å². The van der Waals surface area contributed by atoms with Crippen molar-refractivity contribution in [3.8, 4) is 5.75 Å². The maximum atomic E-state index is 12.8. The topological polar surface area (TPSA) is 58.6 Å². The zero-order valence-corrected chi connectivity index (χ0v) is 17.8. The van der Waals surface area contributed by atoms with Crippen molar-refractivity contribution in [2.24, 2.45) is 0 Å². The summed E-state index contributed by atoms with van der Waals surface area (Å²) in [6.45, 7) is 5.49. The number of hydrogen-bond donors (Lipinski definition) is 1. The van der Waals surface area contributed by atoms with Crippen molar-refractivity contribution in [2.45, 2.75) is 38.6 Å². The van der Waals surface area contributed by atoms with Crippen molar-refractivity contribution in [3.63, 3.8) is 0 Å². The molecule has 1 saturated heterocycles. The molecular weight excluding hydrogens is 388 g/mol.